The third kappa shape index (κ3) is 33.4. The highest BCUT2D eigenvalue weighted by Crippen LogP contribution is 2.11. The molecule has 4 heteroatoms. The molecule has 0 aromatic heterocycles. The Bertz CT molecular complexity index is 249. The molecule has 0 rings (SSSR count). The van der Waals surface area contributed by atoms with Crippen molar-refractivity contribution < 1.29 is 19.4 Å². The minimum atomic E-state index is -0.745. The zero-order chi connectivity index (χ0) is 20.4. The van der Waals surface area contributed by atoms with Crippen LogP contribution in [0.3, 0.4) is 0 Å². The van der Waals surface area contributed by atoms with E-state index in [9.17, 15) is 4.79 Å². The number of ether oxygens (including phenoxy) is 2. The highest BCUT2D eigenvalue weighted by atomic mass is 16.5. The molecule has 0 heterocycles. The summed E-state index contributed by atoms with van der Waals surface area (Å²) >= 11 is 0. The van der Waals surface area contributed by atoms with E-state index in [1.165, 1.54) is 77.0 Å². The van der Waals surface area contributed by atoms with Crippen LogP contribution in [0.1, 0.15) is 117 Å². The van der Waals surface area contributed by atoms with Crippen LogP contribution in [0.2, 0.25) is 0 Å². The average molecular weight is 389 g/mol. The van der Waals surface area contributed by atoms with Gasteiger partial charge in [-0.2, -0.15) is 0 Å². The fraction of sp³-hybridized carbons (Fsp3) is 0.957. The summed E-state index contributed by atoms with van der Waals surface area (Å²) in [4.78, 5) is 9.37. The molecule has 0 aliphatic rings. The van der Waals surface area contributed by atoms with Crippen LogP contribution >= 0.6 is 0 Å². The number of hydrogen-bond acceptors (Lipinski definition) is 3. The van der Waals surface area contributed by atoms with Gasteiger partial charge in [-0.1, -0.05) is 91.4 Å². The van der Waals surface area contributed by atoms with Crippen molar-refractivity contribution in [2.24, 2.45) is 0 Å². The van der Waals surface area contributed by atoms with Crippen molar-refractivity contribution in [1.29, 1.82) is 0 Å². The van der Waals surface area contributed by atoms with Gasteiger partial charge in [0.2, 0.25) is 0 Å². The van der Waals surface area contributed by atoms with E-state index in [0.29, 0.717) is 0 Å². The molecule has 0 spiro atoms. The van der Waals surface area contributed by atoms with Crippen LogP contribution < -0.4 is 0 Å². The third-order valence-corrected chi connectivity index (χ3v) is 4.37. The van der Waals surface area contributed by atoms with Gasteiger partial charge in [0.1, 0.15) is 0 Å². The quantitative estimate of drug-likeness (QED) is 0.228. The van der Waals surface area contributed by atoms with Gasteiger partial charge < -0.3 is 14.6 Å². The van der Waals surface area contributed by atoms with Gasteiger partial charge in [0.25, 0.3) is 0 Å². The van der Waals surface area contributed by atoms with Gasteiger partial charge in [-0.3, -0.25) is 4.79 Å². The molecule has 0 fully saturated rings. The molecule has 0 radical (unpaired) electrons. The van der Waals surface area contributed by atoms with Crippen molar-refractivity contribution in [3.63, 3.8) is 0 Å². The number of aliphatic carboxylic acids is 1. The average Bonchev–Trinajstić information content (AvgIpc) is 2.67. The van der Waals surface area contributed by atoms with Gasteiger partial charge in [0, 0.05) is 32.8 Å². The zero-order valence-electron chi connectivity index (χ0n) is 18.6. The van der Waals surface area contributed by atoms with Crippen LogP contribution in [0.5, 0.6) is 0 Å². The number of carbonyl (C=O) groups is 1. The van der Waals surface area contributed by atoms with Crippen molar-refractivity contribution >= 4 is 5.97 Å². The molecule has 0 saturated carbocycles. The van der Waals surface area contributed by atoms with Gasteiger partial charge in [0.05, 0.1) is 0 Å². The molecule has 0 aromatic carbocycles. The number of carboxylic acid groups (broad SMARTS) is 1. The Hall–Kier alpha value is -0.610. The van der Waals surface area contributed by atoms with Gasteiger partial charge in [0.15, 0.2) is 0 Å². The molecule has 0 aromatic rings. The summed E-state index contributed by atoms with van der Waals surface area (Å²) in [7, 11) is 0. The molecule has 0 atom stereocenters. The molecule has 27 heavy (non-hydrogen) atoms. The number of unbranched alkanes of at least 4 members (excludes halogenated alkanes) is 11. The van der Waals surface area contributed by atoms with E-state index < -0.39 is 5.97 Å². The summed E-state index contributed by atoms with van der Waals surface area (Å²) in [5.74, 6) is -0.745. The monoisotopic (exact) mass is 388 g/mol. The highest BCUT2D eigenvalue weighted by Gasteiger charge is 1.94. The first-order chi connectivity index (χ1) is 13.2. The zero-order valence-corrected chi connectivity index (χ0v) is 18.6. The maximum Gasteiger partial charge on any atom is 0.303 e. The van der Waals surface area contributed by atoms with Crippen molar-refractivity contribution in [1.82, 2.24) is 0 Å². The Balaban J connectivity index is 0. The van der Waals surface area contributed by atoms with Gasteiger partial charge >= 0.3 is 5.97 Å². The number of rotatable bonds is 20. The molecule has 0 aliphatic carbocycles. The van der Waals surface area contributed by atoms with Crippen LogP contribution in [0.15, 0.2) is 0 Å². The summed E-state index contributed by atoms with van der Waals surface area (Å²) in [6.45, 7) is 9.57. The Morgan fingerprint density at radius 2 is 0.926 bits per heavy atom. The van der Waals surface area contributed by atoms with E-state index in [0.717, 1.165) is 39.3 Å². The Morgan fingerprint density at radius 1 is 0.556 bits per heavy atom. The molecule has 4 nitrogen and oxygen atoms in total. The largest absolute Gasteiger partial charge is 0.481 e. The van der Waals surface area contributed by atoms with Crippen molar-refractivity contribution in [3.8, 4) is 0 Å². The predicted molar refractivity (Wildman–Crippen MR) is 116 cm³/mol. The van der Waals surface area contributed by atoms with Crippen LogP contribution in [0.4, 0.5) is 0 Å². The molecular formula is C23H48O4. The minimum absolute atomic E-state index is 0.222. The maximum absolute atomic E-state index is 9.37. The Labute approximate surface area is 169 Å². The van der Waals surface area contributed by atoms with E-state index in [-0.39, 0.29) is 6.42 Å². The Kier molecular flexibility index (Phi) is 29.2. The third-order valence-electron chi connectivity index (χ3n) is 4.37. The van der Waals surface area contributed by atoms with E-state index in [1.54, 1.807) is 6.92 Å². The predicted octanol–water partition coefficient (Wildman–Crippen LogP) is 7.00. The van der Waals surface area contributed by atoms with Crippen LogP contribution in [0.25, 0.3) is 0 Å². The fourth-order valence-corrected chi connectivity index (χ4v) is 2.66. The second-order valence-electron chi connectivity index (χ2n) is 7.21. The lowest BCUT2D eigenvalue weighted by Gasteiger charge is -2.05. The number of hydrogen-bond donors (Lipinski definition) is 1. The van der Waals surface area contributed by atoms with Crippen molar-refractivity contribution in [2.75, 3.05) is 26.4 Å². The molecule has 1 N–H and O–H groups in total. The minimum Gasteiger partial charge on any atom is -0.481 e. The number of carboxylic acids is 1. The van der Waals surface area contributed by atoms with Crippen molar-refractivity contribution in [2.45, 2.75) is 117 Å². The molecule has 0 aliphatic heterocycles. The standard InChI is InChI=1S/C20H42O2.C3H6O2/c1-3-5-6-7-8-9-10-11-12-13-14-15-18-22-20-16-19-21-17-4-2;1-2-3(4)5/h3-20H2,1-2H3;2H2,1H3,(H,4,5). The molecule has 164 valence electrons. The summed E-state index contributed by atoms with van der Waals surface area (Å²) < 4.78 is 11.0. The second kappa shape index (κ2) is 27.6. The topological polar surface area (TPSA) is 55.8 Å². The maximum atomic E-state index is 9.37. The first-order valence-corrected chi connectivity index (χ1v) is 11.6. The lowest BCUT2D eigenvalue weighted by atomic mass is 10.1. The van der Waals surface area contributed by atoms with E-state index in [2.05, 4.69) is 13.8 Å². The van der Waals surface area contributed by atoms with E-state index >= 15 is 0 Å². The molecular weight excluding hydrogens is 340 g/mol. The van der Waals surface area contributed by atoms with Gasteiger partial charge in [-0.25, -0.2) is 0 Å². The summed E-state index contributed by atoms with van der Waals surface area (Å²) in [5.41, 5.74) is 0. The smallest absolute Gasteiger partial charge is 0.303 e. The lowest BCUT2D eigenvalue weighted by molar-refractivity contribution is -0.136. The van der Waals surface area contributed by atoms with Gasteiger partial charge in [-0.05, 0) is 19.3 Å². The highest BCUT2D eigenvalue weighted by molar-refractivity contribution is 5.66. The fourth-order valence-electron chi connectivity index (χ4n) is 2.66. The van der Waals surface area contributed by atoms with Crippen molar-refractivity contribution in [3.05, 3.63) is 0 Å². The second-order valence-corrected chi connectivity index (χ2v) is 7.21. The Morgan fingerprint density at radius 3 is 1.33 bits per heavy atom. The SMILES string of the molecule is CCC(=O)O.CCCCCCCCCCCCCCOCCCOCCC. The molecule has 0 unspecified atom stereocenters. The normalized spacial score (nSPS) is 10.5. The summed E-state index contributed by atoms with van der Waals surface area (Å²) in [6.07, 6.45) is 19.2. The molecule has 0 saturated heterocycles. The van der Waals surface area contributed by atoms with Crippen LogP contribution in [-0.4, -0.2) is 37.5 Å². The first-order valence-electron chi connectivity index (χ1n) is 11.6. The van der Waals surface area contributed by atoms with Crippen LogP contribution in [0, 0.1) is 0 Å². The van der Waals surface area contributed by atoms with E-state index in [1.807, 2.05) is 0 Å². The van der Waals surface area contributed by atoms with Crippen LogP contribution in [-0.2, 0) is 14.3 Å². The molecule has 0 bridgehead atoms. The van der Waals surface area contributed by atoms with E-state index in [4.69, 9.17) is 14.6 Å². The summed E-state index contributed by atoms with van der Waals surface area (Å²) in [6, 6.07) is 0. The lowest BCUT2D eigenvalue weighted by Crippen LogP contribution is -2.02. The van der Waals surface area contributed by atoms with Gasteiger partial charge in [-0.15, -0.1) is 0 Å². The molecule has 0 amide bonds. The first kappa shape index (κ1) is 28.6. The summed E-state index contributed by atoms with van der Waals surface area (Å²) in [5, 5.41) is 7.72.